The van der Waals surface area contributed by atoms with Crippen LogP contribution in [-0.4, -0.2) is 26.8 Å². The highest BCUT2D eigenvalue weighted by Crippen LogP contribution is 2.21. The molecule has 134 valence electrons. The molecule has 0 saturated carbocycles. The maximum Gasteiger partial charge on any atom is 0.231 e. The summed E-state index contributed by atoms with van der Waals surface area (Å²) in [7, 11) is -1.78. The molecule has 2 aromatic rings. The van der Waals surface area contributed by atoms with Crippen LogP contribution in [0.4, 0.5) is 11.4 Å². The second-order valence-electron chi connectivity index (χ2n) is 5.96. The number of rotatable bonds is 5. The van der Waals surface area contributed by atoms with Crippen molar-refractivity contribution in [2.45, 2.75) is 19.9 Å². The lowest BCUT2D eigenvalue weighted by molar-refractivity contribution is 0.600. The molecule has 25 heavy (non-hydrogen) atoms. The normalized spacial score (nSPS) is 12.3. The summed E-state index contributed by atoms with van der Waals surface area (Å²) in [5.41, 5.74) is 3.67. The Hall–Kier alpha value is -2.12. The third-order valence-corrected chi connectivity index (χ3v) is 5.39. The summed E-state index contributed by atoms with van der Waals surface area (Å²) in [5.74, 6) is 0. The van der Waals surface area contributed by atoms with Gasteiger partial charge in [0, 0.05) is 12.7 Å². The molecule has 2 N–H and O–H groups in total. The van der Waals surface area contributed by atoms with E-state index in [1.165, 1.54) is 28.7 Å². The smallest absolute Gasteiger partial charge is 0.231 e. The maximum atomic E-state index is 11.7. The van der Waals surface area contributed by atoms with Crippen molar-refractivity contribution in [2.24, 2.45) is 0 Å². The molecule has 0 spiro atoms. The molecule has 0 aromatic heterocycles. The standard InChI is InChI=1S/C18H23N3O2S2/c1-13-8-5-6-11-17(13)14(2)19-18(24)20-15-9-7-10-16(12-15)21(3)25(4,22)23/h5-12,14H,1-4H3,(H2,19,20,24). The maximum absolute atomic E-state index is 11.7. The van der Waals surface area contributed by atoms with Crippen molar-refractivity contribution < 1.29 is 8.42 Å². The van der Waals surface area contributed by atoms with Gasteiger partial charge in [-0.3, -0.25) is 4.31 Å². The molecule has 0 aliphatic heterocycles. The van der Waals surface area contributed by atoms with Crippen molar-refractivity contribution >= 4 is 38.7 Å². The van der Waals surface area contributed by atoms with E-state index in [2.05, 4.69) is 29.7 Å². The lowest BCUT2D eigenvalue weighted by atomic mass is 10.0. The summed E-state index contributed by atoms with van der Waals surface area (Å²) >= 11 is 5.38. The van der Waals surface area contributed by atoms with Gasteiger partial charge < -0.3 is 10.6 Å². The predicted octanol–water partition coefficient (Wildman–Crippen LogP) is 3.44. The average molecular weight is 378 g/mol. The molecule has 7 heteroatoms. The minimum atomic E-state index is -3.30. The van der Waals surface area contributed by atoms with Crippen LogP contribution in [0.25, 0.3) is 0 Å². The Balaban J connectivity index is 2.07. The molecular weight excluding hydrogens is 354 g/mol. The van der Waals surface area contributed by atoms with Gasteiger partial charge in [-0.15, -0.1) is 0 Å². The molecule has 0 saturated heterocycles. The number of thiocarbonyl (C=S) groups is 1. The third kappa shape index (κ3) is 5.17. The zero-order valence-electron chi connectivity index (χ0n) is 14.8. The minimum absolute atomic E-state index is 0.0584. The van der Waals surface area contributed by atoms with E-state index in [1.54, 1.807) is 18.2 Å². The molecule has 0 amide bonds. The first-order valence-corrected chi connectivity index (χ1v) is 10.1. The van der Waals surface area contributed by atoms with Gasteiger partial charge >= 0.3 is 0 Å². The Morgan fingerprint density at radius 2 is 1.84 bits per heavy atom. The van der Waals surface area contributed by atoms with Gasteiger partial charge in [-0.25, -0.2) is 8.42 Å². The van der Waals surface area contributed by atoms with Crippen molar-refractivity contribution in [3.63, 3.8) is 0 Å². The van der Waals surface area contributed by atoms with Crippen LogP contribution >= 0.6 is 12.2 Å². The highest BCUT2D eigenvalue weighted by molar-refractivity contribution is 7.92. The van der Waals surface area contributed by atoms with Crippen molar-refractivity contribution in [3.8, 4) is 0 Å². The van der Waals surface area contributed by atoms with Crippen LogP contribution in [0.1, 0.15) is 24.1 Å². The lowest BCUT2D eigenvalue weighted by Crippen LogP contribution is -2.31. The molecule has 1 unspecified atom stereocenters. The summed E-state index contributed by atoms with van der Waals surface area (Å²) in [5, 5.41) is 6.84. The Morgan fingerprint density at radius 1 is 1.16 bits per heavy atom. The van der Waals surface area contributed by atoms with E-state index in [1.807, 2.05) is 25.1 Å². The van der Waals surface area contributed by atoms with Gasteiger partial charge in [0.2, 0.25) is 10.0 Å². The molecule has 2 rings (SSSR count). The molecule has 0 heterocycles. The molecule has 1 atom stereocenters. The number of benzene rings is 2. The van der Waals surface area contributed by atoms with Crippen molar-refractivity contribution in [1.82, 2.24) is 5.32 Å². The van der Waals surface area contributed by atoms with Gasteiger partial charge in [-0.1, -0.05) is 30.3 Å². The van der Waals surface area contributed by atoms with Gasteiger partial charge in [-0.05, 0) is 55.4 Å². The monoisotopic (exact) mass is 377 g/mol. The van der Waals surface area contributed by atoms with Crippen LogP contribution in [0.3, 0.4) is 0 Å². The van der Waals surface area contributed by atoms with E-state index in [9.17, 15) is 8.42 Å². The van der Waals surface area contributed by atoms with E-state index in [0.717, 1.165) is 5.69 Å². The SMILES string of the molecule is Cc1ccccc1C(C)NC(=S)Nc1cccc(N(C)S(C)(=O)=O)c1. The summed E-state index contributed by atoms with van der Waals surface area (Å²) in [6, 6.07) is 15.3. The molecule has 2 aromatic carbocycles. The summed E-state index contributed by atoms with van der Waals surface area (Å²) in [6.07, 6.45) is 1.17. The molecule has 0 fully saturated rings. The van der Waals surface area contributed by atoms with Gasteiger partial charge in [0.05, 0.1) is 18.0 Å². The summed E-state index contributed by atoms with van der Waals surface area (Å²) in [4.78, 5) is 0. The van der Waals surface area contributed by atoms with Crippen LogP contribution < -0.4 is 14.9 Å². The molecule has 0 aliphatic carbocycles. The fourth-order valence-corrected chi connectivity index (χ4v) is 3.28. The highest BCUT2D eigenvalue weighted by Gasteiger charge is 2.13. The fourth-order valence-electron chi connectivity index (χ4n) is 2.49. The second-order valence-corrected chi connectivity index (χ2v) is 8.38. The van der Waals surface area contributed by atoms with E-state index in [0.29, 0.717) is 10.8 Å². The van der Waals surface area contributed by atoms with E-state index < -0.39 is 10.0 Å². The van der Waals surface area contributed by atoms with E-state index in [-0.39, 0.29) is 6.04 Å². The number of nitrogens with zero attached hydrogens (tertiary/aromatic N) is 1. The van der Waals surface area contributed by atoms with Crippen LogP contribution in [0.5, 0.6) is 0 Å². The van der Waals surface area contributed by atoms with Crippen LogP contribution in [0, 0.1) is 6.92 Å². The molecule has 0 aliphatic rings. The Kier molecular flexibility index (Phi) is 6.02. The quantitative estimate of drug-likeness (QED) is 0.782. The molecular formula is C18H23N3O2S2. The third-order valence-electron chi connectivity index (χ3n) is 3.97. The molecule has 5 nitrogen and oxygen atoms in total. The predicted molar refractivity (Wildman–Crippen MR) is 109 cm³/mol. The van der Waals surface area contributed by atoms with Crippen molar-refractivity contribution in [2.75, 3.05) is 22.9 Å². The number of sulfonamides is 1. The zero-order valence-corrected chi connectivity index (χ0v) is 16.4. The molecule has 0 radical (unpaired) electrons. The van der Waals surface area contributed by atoms with E-state index >= 15 is 0 Å². The van der Waals surface area contributed by atoms with Gasteiger partial charge in [-0.2, -0.15) is 0 Å². The van der Waals surface area contributed by atoms with Crippen LogP contribution in [-0.2, 0) is 10.0 Å². The Morgan fingerprint density at radius 3 is 2.48 bits per heavy atom. The lowest BCUT2D eigenvalue weighted by Gasteiger charge is -2.20. The highest BCUT2D eigenvalue weighted by atomic mass is 32.2. The summed E-state index contributed by atoms with van der Waals surface area (Å²) < 4.78 is 24.6. The van der Waals surface area contributed by atoms with Gasteiger partial charge in [0.1, 0.15) is 0 Å². The fraction of sp³-hybridized carbons (Fsp3) is 0.278. The van der Waals surface area contributed by atoms with Crippen LogP contribution in [0.15, 0.2) is 48.5 Å². The first-order valence-electron chi connectivity index (χ1n) is 7.85. The van der Waals surface area contributed by atoms with Crippen molar-refractivity contribution in [3.05, 3.63) is 59.7 Å². The van der Waals surface area contributed by atoms with E-state index in [4.69, 9.17) is 12.2 Å². The second kappa shape index (κ2) is 7.84. The summed E-state index contributed by atoms with van der Waals surface area (Å²) in [6.45, 7) is 4.11. The van der Waals surface area contributed by atoms with Crippen LogP contribution in [0.2, 0.25) is 0 Å². The number of anilines is 2. The first kappa shape index (κ1) is 19.2. The average Bonchev–Trinajstić information content (AvgIpc) is 2.53. The number of nitrogens with one attached hydrogen (secondary N) is 2. The number of hydrogen-bond acceptors (Lipinski definition) is 3. The Labute approximate surface area is 155 Å². The van der Waals surface area contributed by atoms with Gasteiger partial charge in [0.15, 0.2) is 5.11 Å². The Bertz CT molecular complexity index is 866. The zero-order chi connectivity index (χ0) is 18.6. The topological polar surface area (TPSA) is 61.4 Å². The minimum Gasteiger partial charge on any atom is -0.356 e. The number of hydrogen-bond donors (Lipinski definition) is 2. The number of aryl methyl sites for hydroxylation is 1. The first-order chi connectivity index (χ1) is 11.7. The largest absolute Gasteiger partial charge is 0.356 e. The molecule has 0 bridgehead atoms. The van der Waals surface area contributed by atoms with Crippen molar-refractivity contribution in [1.29, 1.82) is 0 Å². The van der Waals surface area contributed by atoms with Gasteiger partial charge in [0.25, 0.3) is 0 Å².